The van der Waals surface area contributed by atoms with Gasteiger partial charge in [0.2, 0.25) is 0 Å². The van der Waals surface area contributed by atoms with E-state index >= 15 is 0 Å². The van der Waals surface area contributed by atoms with Crippen LogP contribution in [0.2, 0.25) is 0 Å². The second kappa shape index (κ2) is 12.7. The predicted molar refractivity (Wildman–Crippen MR) is 163 cm³/mol. The summed E-state index contributed by atoms with van der Waals surface area (Å²) >= 11 is 1.19. The topological polar surface area (TPSA) is 213 Å². The van der Waals surface area contributed by atoms with Crippen LogP contribution in [-0.4, -0.2) is 74.3 Å². The molecule has 1 aromatic carbocycles. The minimum atomic E-state index is -0.926. The molecule has 3 unspecified atom stereocenters. The average molecular weight is 633 g/mol. The summed E-state index contributed by atoms with van der Waals surface area (Å²) in [6.45, 7) is 5.85. The number of nitrogens with two attached hydrogens (primary N) is 3. The van der Waals surface area contributed by atoms with E-state index in [0.717, 1.165) is 52.5 Å². The molecular weight excluding hydrogens is 596 g/mol. The van der Waals surface area contributed by atoms with Gasteiger partial charge < -0.3 is 36.6 Å². The molecular formula is C27H36N8O6S2. The Balaban J connectivity index is 1.24. The maximum atomic E-state index is 13.3. The number of aryl methyl sites for hydroxylation is 1. The zero-order chi connectivity index (χ0) is 30.9. The van der Waals surface area contributed by atoms with Crippen LogP contribution in [0.4, 0.5) is 5.13 Å². The number of hydrogen-bond acceptors (Lipinski definition) is 13. The Morgan fingerprint density at radius 3 is 2.81 bits per heavy atom. The Morgan fingerprint density at radius 2 is 2.16 bits per heavy atom. The molecule has 1 saturated carbocycles. The fraction of sp³-hybridized carbons (Fsp3) is 0.519. The van der Waals surface area contributed by atoms with Gasteiger partial charge >= 0.3 is 0 Å². The molecule has 2 fully saturated rings. The van der Waals surface area contributed by atoms with E-state index in [0.29, 0.717) is 24.7 Å². The van der Waals surface area contributed by atoms with E-state index < -0.39 is 29.5 Å². The molecule has 3 heterocycles. The van der Waals surface area contributed by atoms with Crippen LogP contribution < -0.4 is 27.3 Å². The van der Waals surface area contributed by atoms with Crippen LogP contribution in [0, 0.1) is 5.92 Å². The largest absolute Gasteiger partial charge is 0.486 e. The first-order valence-electron chi connectivity index (χ1n) is 13.9. The molecule has 2 aromatic rings. The van der Waals surface area contributed by atoms with Gasteiger partial charge in [0, 0.05) is 10.9 Å². The van der Waals surface area contributed by atoms with Gasteiger partial charge in [-0.1, -0.05) is 5.16 Å². The molecule has 0 spiro atoms. The van der Waals surface area contributed by atoms with Crippen molar-refractivity contribution < 1.29 is 28.0 Å². The Kier molecular flexibility index (Phi) is 9.12. The highest BCUT2D eigenvalue weighted by atomic mass is 32.2. The summed E-state index contributed by atoms with van der Waals surface area (Å²) in [5, 5.41) is 9.60. The summed E-state index contributed by atoms with van der Waals surface area (Å²) in [6, 6.07) is 5.09. The molecule has 3 aliphatic rings. The monoisotopic (exact) mass is 632 g/mol. The van der Waals surface area contributed by atoms with Crippen molar-refractivity contribution in [1.82, 2.24) is 15.4 Å². The van der Waals surface area contributed by atoms with Gasteiger partial charge in [-0.15, -0.1) is 11.3 Å². The number of carbonyl (C=O) groups excluding carboxylic acids is 2. The van der Waals surface area contributed by atoms with Crippen molar-refractivity contribution in [3.05, 3.63) is 40.4 Å². The van der Waals surface area contributed by atoms with E-state index in [2.05, 4.69) is 20.4 Å². The van der Waals surface area contributed by atoms with Crippen molar-refractivity contribution in [2.75, 3.05) is 12.3 Å². The summed E-state index contributed by atoms with van der Waals surface area (Å²) in [4.78, 5) is 40.4. The summed E-state index contributed by atoms with van der Waals surface area (Å²) in [5.74, 6) is 0.570. The van der Waals surface area contributed by atoms with Crippen LogP contribution in [-0.2, 0) is 25.1 Å². The van der Waals surface area contributed by atoms with Crippen molar-refractivity contribution in [3.63, 3.8) is 0 Å². The molecule has 0 bridgehead atoms. The van der Waals surface area contributed by atoms with Gasteiger partial charge in [-0.2, -0.15) is 9.35 Å². The summed E-state index contributed by atoms with van der Waals surface area (Å²) in [6.07, 6.45) is 2.46. The number of hydroxylamine groups is 2. The van der Waals surface area contributed by atoms with Crippen LogP contribution in [0.15, 0.2) is 33.7 Å². The lowest BCUT2D eigenvalue weighted by Crippen LogP contribution is -2.76. The fourth-order valence-corrected chi connectivity index (χ4v) is 6.21. The molecule has 8 N–H and O–H groups in total. The van der Waals surface area contributed by atoms with Crippen molar-refractivity contribution in [1.29, 1.82) is 0 Å². The van der Waals surface area contributed by atoms with E-state index in [1.54, 1.807) is 26.2 Å². The molecule has 14 nitrogen and oxygen atoms in total. The minimum absolute atomic E-state index is 0.0464. The minimum Gasteiger partial charge on any atom is -0.486 e. The summed E-state index contributed by atoms with van der Waals surface area (Å²) in [7, 11) is 0. The average Bonchev–Trinajstić information content (AvgIpc) is 3.40. The van der Waals surface area contributed by atoms with E-state index in [1.807, 2.05) is 18.2 Å². The van der Waals surface area contributed by atoms with E-state index in [9.17, 15) is 9.59 Å². The number of fused-ring (bicyclic) bond motifs is 1. The number of rotatable bonds is 11. The quantitative estimate of drug-likeness (QED) is 0.0792. The zero-order valence-electron chi connectivity index (χ0n) is 24.1. The number of aliphatic imine (C=N–C) groups is 1. The number of β-lactam (4-membered cyclic amide) rings is 1. The van der Waals surface area contributed by atoms with Crippen LogP contribution in [0.5, 0.6) is 5.75 Å². The Bertz CT molecular complexity index is 1430. The standard InChI is InChI=1S/C27H36N8O6S2/c1-13(19-6-4-15-10-16(5-7-20(15)39-19)23(29)31-17-8-14(9-17)11-28)40-34-21(18-12-42-26(30)32-18)24(36)33-22-25(37)35(41-43-38)27(22,2)3/h5,7,10,12-14,17,19,22,38H,4,6,8-9,11,28H2,1-3H3,(H2,29,31)(H2,30,32)(H,33,36)/b34-21-. The molecule has 43 heavy (non-hydrogen) atoms. The van der Waals surface area contributed by atoms with E-state index in [1.165, 1.54) is 0 Å². The van der Waals surface area contributed by atoms with Crippen LogP contribution in [0.25, 0.3) is 0 Å². The molecule has 1 aromatic heterocycles. The van der Waals surface area contributed by atoms with Crippen molar-refractivity contribution >= 4 is 52.2 Å². The number of nitrogens with one attached hydrogen (secondary N) is 1. The number of hydrogen-bond donors (Lipinski definition) is 5. The van der Waals surface area contributed by atoms with E-state index in [-0.39, 0.29) is 41.0 Å². The first-order valence-corrected chi connectivity index (χ1v) is 15.5. The maximum Gasteiger partial charge on any atom is 0.276 e. The zero-order valence-corrected chi connectivity index (χ0v) is 25.7. The van der Waals surface area contributed by atoms with Crippen LogP contribution in [0.3, 0.4) is 0 Å². The molecule has 5 rings (SSSR count). The number of amidine groups is 1. The highest BCUT2D eigenvalue weighted by Crippen LogP contribution is 2.34. The number of carbonyl (C=O) groups is 2. The molecule has 1 saturated heterocycles. The number of nitrogens with zero attached hydrogens (tertiary/aromatic N) is 4. The number of benzene rings is 1. The third-order valence-electron chi connectivity index (χ3n) is 8.07. The number of nitrogen functional groups attached to an aromatic ring is 1. The summed E-state index contributed by atoms with van der Waals surface area (Å²) < 4.78 is 20.1. The number of amides is 2. The summed E-state index contributed by atoms with van der Waals surface area (Å²) in [5.41, 5.74) is 18.8. The second-order valence-electron chi connectivity index (χ2n) is 11.4. The van der Waals surface area contributed by atoms with E-state index in [4.69, 9.17) is 35.6 Å². The van der Waals surface area contributed by atoms with Gasteiger partial charge in [-0.3, -0.25) is 14.6 Å². The number of aromatic nitrogens is 1. The lowest BCUT2D eigenvalue weighted by Gasteiger charge is -2.50. The Morgan fingerprint density at radius 1 is 1.40 bits per heavy atom. The predicted octanol–water partition coefficient (Wildman–Crippen LogP) is 1.83. The third kappa shape index (κ3) is 6.43. The second-order valence-corrected chi connectivity index (χ2v) is 12.6. The lowest BCUT2D eigenvalue weighted by molar-refractivity contribution is -0.214. The van der Waals surface area contributed by atoms with Gasteiger partial charge in [0.25, 0.3) is 11.8 Å². The van der Waals surface area contributed by atoms with Gasteiger partial charge in [0.05, 0.1) is 11.6 Å². The van der Waals surface area contributed by atoms with Gasteiger partial charge in [-0.05, 0) is 82.7 Å². The number of anilines is 1. The number of thiazole rings is 1. The van der Waals surface area contributed by atoms with Gasteiger partial charge in [0.15, 0.2) is 29.3 Å². The van der Waals surface area contributed by atoms with Crippen molar-refractivity contribution in [2.45, 2.75) is 76.3 Å². The fourth-order valence-electron chi connectivity index (χ4n) is 5.33. The van der Waals surface area contributed by atoms with Crippen molar-refractivity contribution in [2.24, 2.45) is 27.5 Å². The maximum absolute atomic E-state index is 13.3. The molecule has 3 atom stereocenters. The molecule has 1 aliphatic carbocycles. The highest BCUT2D eigenvalue weighted by molar-refractivity contribution is 7.88. The first-order chi connectivity index (χ1) is 20.5. The molecule has 2 aliphatic heterocycles. The SMILES string of the molecule is CC(O/N=C(\C(=O)NC1C(=O)N(OSO)C1(C)C)c1csc(N)n1)C1CCc2cc(C(N)=NC3CC(CN)C3)ccc2O1. The smallest absolute Gasteiger partial charge is 0.276 e. The number of oxime groups is 1. The van der Waals surface area contributed by atoms with Crippen molar-refractivity contribution in [3.8, 4) is 5.75 Å². The molecule has 232 valence electrons. The Labute approximate surface area is 257 Å². The van der Waals surface area contributed by atoms with Crippen LogP contribution in [0.1, 0.15) is 56.9 Å². The van der Waals surface area contributed by atoms with Crippen LogP contribution >= 0.6 is 23.7 Å². The third-order valence-corrected chi connectivity index (χ3v) is 8.96. The molecule has 2 amide bonds. The Hall–Kier alpha value is -3.44. The molecule has 0 radical (unpaired) electrons. The van der Waals surface area contributed by atoms with Gasteiger partial charge in [-0.25, -0.2) is 4.98 Å². The normalized spacial score (nSPS) is 25.6. The molecule has 16 heteroatoms. The number of ether oxygens (including phenoxy) is 1. The lowest BCUT2D eigenvalue weighted by atomic mass is 9.81. The highest BCUT2D eigenvalue weighted by Gasteiger charge is 2.57. The first kappa shape index (κ1) is 31.0. The van der Waals surface area contributed by atoms with Gasteiger partial charge in [0.1, 0.15) is 29.4 Å².